The molecule has 1 aliphatic rings. The van der Waals surface area contributed by atoms with E-state index >= 15 is 0 Å². The van der Waals surface area contributed by atoms with E-state index in [0.29, 0.717) is 45.5 Å². The number of amides is 2. The Bertz CT molecular complexity index is 1720. The first-order chi connectivity index (χ1) is 19.2. The molecule has 0 saturated carbocycles. The van der Waals surface area contributed by atoms with Crippen LogP contribution in [0.1, 0.15) is 40.8 Å². The number of carbonyl (C=O) groups excluding carboxylic acids is 2. The molecule has 0 spiro atoms. The van der Waals surface area contributed by atoms with Gasteiger partial charge in [0.15, 0.2) is 0 Å². The summed E-state index contributed by atoms with van der Waals surface area (Å²) in [6, 6.07) is 21.3. The van der Waals surface area contributed by atoms with Crippen LogP contribution >= 0.6 is 11.6 Å². The maximum atomic E-state index is 13.1. The minimum Gasteiger partial charge on any atom is -0.497 e. The average Bonchev–Trinajstić information content (AvgIpc) is 3.53. The van der Waals surface area contributed by atoms with Gasteiger partial charge in [-0.15, -0.1) is 0 Å². The Balaban J connectivity index is 0.00000387. The number of carboxylic acids is 1. The Morgan fingerprint density at radius 2 is 1.83 bits per heavy atom. The topological polar surface area (TPSA) is 121 Å². The van der Waals surface area contributed by atoms with Crippen LogP contribution in [0.5, 0.6) is 5.75 Å². The minimum atomic E-state index is -1.10. The Morgan fingerprint density at radius 3 is 2.59 bits per heavy atom. The van der Waals surface area contributed by atoms with Crippen molar-refractivity contribution in [3.63, 3.8) is 0 Å². The van der Waals surface area contributed by atoms with Crippen LogP contribution in [0.2, 0.25) is 5.02 Å². The van der Waals surface area contributed by atoms with Crippen molar-refractivity contribution in [1.29, 1.82) is 0 Å². The summed E-state index contributed by atoms with van der Waals surface area (Å²) < 4.78 is 11.2. The lowest BCUT2D eigenvalue weighted by molar-refractivity contribution is -0.114. The molecule has 1 aromatic heterocycles. The molecule has 0 atom stereocenters. The van der Waals surface area contributed by atoms with Gasteiger partial charge in [-0.1, -0.05) is 31.2 Å². The number of hydrazone groups is 1. The Labute approximate surface area is 241 Å². The number of hydrogen-bond donors (Lipinski definition) is 2. The molecule has 2 N–H and O–H groups in total. The van der Waals surface area contributed by atoms with Crippen LogP contribution in [0.15, 0.2) is 94.0 Å². The summed E-state index contributed by atoms with van der Waals surface area (Å²) in [6.45, 7) is 1.68. The summed E-state index contributed by atoms with van der Waals surface area (Å²) in [5, 5.41) is 17.8. The maximum Gasteiger partial charge on any atom is 0.335 e. The lowest BCUT2D eigenvalue weighted by atomic mass is 10.1. The van der Waals surface area contributed by atoms with Gasteiger partial charge in [0.25, 0.3) is 11.8 Å². The van der Waals surface area contributed by atoms with Crippen LogP contribution in [0.25, 0.3) is 17.4 Å². The van der Waals surface area contributed by atoms with Gasteiger partial charge < -0.3 is 19.6 Å². The average molecular weight is 572 g/mol. The number of aromatic carboxylic acids is 1. The molecule has 0 saturated heterocycles. The van der Waals surface area contributed by atoms with Crippen molar-refractivity contribution in [2.45, 2.75) is 14.4 Å². The molecule has 1 aliphatic heterocycles. The van der Waals surface area contributed by atoms with E-state index in [1.165, 1.54) is 12.1 Å². The summed E-state index contributed by atoms with van der Waals surface area (Å²) in [5.74, 6) is -0.453. The fourth-order valence-corrected chi connectivity index (χ4v) is 4.31. The van der Waals surface area contributed by atoms with Gasteiger partial charge in [-0.05, 0) is 73.7 Å². The van der Waals surface area contributed by atoms with Crippen molar-refractivity contribution >= 4 is 52.5 Å². The molecule has 4 aromatic rings. The van der Waals surface area contributed by atoms with Crippen LogP contribution in [-0.4, -0.2) is 35.7 Å². The number of ether oxygens (including phenoxy) is 1. The van der Waals surface area contributed by atoms with Gasteiger partial charge in [-0.25, -0.2) is 4.79 Å². The van der Waals surface area contributed by atoms with E-state index < -0.39 is 17.8 Å². The van der Waals surface area contributed by atoms with Gasteiger partial charge >= 0.3 is 5.97 Å². The Kier molecular flexibility index (Phi) is 8.40. The third-order valence-corrected chi connectivity index (χ3v) is 6.47. The fourth-order valence-electron chi connectivity index (χ4n) is 4.11. The highest BCUT2D eigenvalue weighted by Crippen LogP contribution is 2.30. The first kappa shape index (κ1) is 28.8. The first-order valence-electron chi connectivity index (χ1n) is 12.0. The SMILES string of the molecule is C.COc1cccc(NC(=O)c2cc(-c3ccc(/C=C4\C(=O)N(c5cccc(C(=O)O)c5)N=C4C)o3)ccc2Cl)c1. The highest BCUT2D eigenvalue weighted by Gasteiger charge is 2.29. The number of furan rings is 1. The smallest absolute Gasteiger partial charge is 0.335 e. The monoisotopic (exact) mass is 571 g/mol. The van der Waals surface area contributed by atoms with E-state index in [4.69, 9.17) is 20.8 Å². The van der Waals surface area contributed by atoms with E-state index in [-0.39, 0.29) is 23.6 Å². The highest BCUT2D eigenvalue weighted by atomic mass is 35.5. The molecule has 0 aliphatic carbocycles. The number of methoxy groups -OCH3 is 1. The summed E-state index contributed by atoms with van der Waals surface area (Å²) in [5.41, 5.74) is 2.56. The molecular formula is C31H26ClN3O6. The lowest BCUT2D eigenvalue weighted by Crippen LogP contribution is -2.21. The second kappa shape index (κ2) is 11.9. The molecule has 0 bridgehead atoms. The van der Waals surface area contributed by atoms with Gasteiger partial charge in [0.2, 0.25) is 0 Å². The number of halogens is 1. The predicted molar refractivity (Wildman–Crippen MR) is 159 cm³/mol. The standard InChI is InChI=1S/C30H22ClN3O6.CH4/c1-17-24(29(36)34(33-17)21-7-3-5-19(13-21)30(37)38)16-23-10-12-27(40-23)18-9-11-26(31)25(14-18)28(35)32-20-6-4-8-22(15-20)39-2;/h3-16H,1-2H3,(H,32,35)(H,37,38);1H4/b24-16-;. The predicted octanol–water partition coefficient (Wildman–Crippen LogP) is 7.00. The molecular weight excluding hydrogens is 546 g/mol. The zero-order valence-corrected chi connectivity index (χ0v) is 22.1. The van der Waals surface area contributed by atoms with Gasteiger partial charge in [0.05, 0.1) is 40.2 Å². The zero-order chi connectivity index (χ0) is 28.4. The summed E-state index contributed by atoms with van der Waals surface area (Å²) >= 11 is 6.33. The number of rotatable bonds is 7. The molecule has 9 nitrogen and oxygen atoms in total. The van der Waals surface area contributed by atoms with Gasteiger partial charge in [-0.3, -0.25) is 9.59 Å². The summed E-state index contributed by atoms with van der Waals surface area (Å²) in [7, 11) is 1.54. The van der Waals surface area contributed by atoms with E-state index in [1.807, 2.05) is 0 Å². The summed E-state index contributed by atoms with van der Waals surface area (Å²) in [6.07, 6.45) is 1.57. The minimum absolute atomic E-state index is 0. The number of hydrogen-bond acceptors (Lipinski definition) is 6. The zero-order valence-electron chi connectivity index (χ0n) is 21.3. The third kappa shape index (κ3) is 6.05. The number of carboxylic acid groups (broad SMARTS) is 1. The van der Waals surface area contributed by atoms with Crippen molar-refractivity contribution in [2.75, 3.05) is 17.4 Å². The van der Waals surface area contributed by atoms with Crippen molar-refractivity contribution < 1.29 is 28.6 Å². The van der Waals surface area contributed by atoms with Crippen molar-refractivity contribution in [3.8, 4) is 17.1 Å². The molecule has 0 unspecified atom stereocenters. The van der Waals surface area contributed by atoms with E-state index in [1.54, 1.807) is 86.8 Å². The molecule has 2 heterocycles. The van der Waals surface area contributed by atoms with Crippen LogP contribution < -0.4 is 15.1 Å². The number of nitrogens with one attached hydrogen (secondary N) is 1. The van der Waals surface area contributed by atoms with Crippen molar-refractivity contribution in [3.05, 3.63) is 106 Å². The molecule has 3 aromatic carbocycles. The van der Waals surface area contributed by atoms with Gasteiger partial charge in [0, 0.05) is 17.3 Å². The van der Waals surface area contributed by atoms with E-state index in [9.17, 15) is 19.5 Å². The maximum absolute atomic E-state index is 13.1. The summed E-state index contributed by atoms with van der Waals surface area (Å²) in [4.78, 5) is 37.4. The molecule has 208 valence electrons. The molecule has 0 fully saturated rings. The van der Waals surface area contributed by atoms with Crippen LogP contribution in [0, 0.1) is 0 Å². The Morgan fingerprint density at radius 1 is 1.05 bits per heavy atom. The number of nitrogens with zero attached hydrogens (tertiary/aromatic N) is 2. The van der Waals surface area contributed by atoms with Gasteiger partial charge in [0.1, 0.15) is 17.3 Å². The molecule has 2 amide bonds. The quantitative estimate of drug-likeness (QED) is 0.230. The molecule has 5 rings (SSSR count). The number of benzene rings is 3. The fraction of sp³-hybridized carbons (Fsp3) is 0.0968. The number of carbonyl (C=O) groups is 3. The van der Waals surface area contributed by atoms with E-state index in [2.05, 4.69) is 10.4 Å². The first-order valence-corrected chi connectivity index (χ1v) is 12.4. The lowest BCUT2D eigenvalue weighted by Gasteiger charge is -2.12. The molecule has 41 heavy (non-hydrogen) atoms. The molecule has 0 radical (unpaired) electrons. The van der Waals surface area contributed by atoms with Crippen LogP contribution in [-0.2, 0) is 4.79 Å². The van der Waals surface area contributed by atoms with Gasteiger partial charge in [-0.2, -0.15) is 10.1 Å². The molecule has 10 heteroatoms. The van der Waals surface area contributed by atoms with Crippen LogP contribution in [0.3, 0.4) is 0 Å². The number of anilines is 2. The van der Waals surface area contributed by atoms with Crippen molar-refractivity contribution in [1.82, 2.24) is 0 Å². The highest BCUT2D eigenvalue weighted by molar-refractivity contribution is 6.34. The van der Waals surface area contributed by atoms with E-state index in [0.717, 1.165) is 5.01 Å². The van der Waals surface area contributed by atoms with Crippen LogP contribution in [0.4, 0.5) is 11.4 Å². The third-order valence-electron chi connectivity index (χ3n) is 6.14. The second-order valence-corrected chi connectivity index (χ2v) is 9.21. The normalized spacial score (nSPS) is 13.5. The Hall–Kier alpha value is -5.15. The largest absolute Gasteiger partial charge is 0.497 e. The van der Waals surface area contributed by atoms with Crippen molar-refractivity contribution in [2.24, 2.45) is 5.10 Å². The second-order valence-electron chi connectivity index (χ2n) is 8.80.